The second-order valence-corrected chi connectivity index (χ2v) is 10.1. The third-order valence-corrected chi connectivity index (χ3v) is 7.23. The van der Waals surface area contributed by atoms with Crippen molar-refractivity contribution in [2.45, 2.75) is 115 Å². The number of Topliss-reactive ketones (excluding diaryl/α,β-unsaturated/α-hetero) is 1. The van der Waals surface area contributed by atoms with Gasteiger partial charge in [0.05, 0.1) is 5.75 Å². The van der Waals surface area contributed by atoms with Gasteiger partial charge in [0.25, 0.3) is 5.56 Å². The molecule has 0 amide bonds. The molecular formula is C25H42N4O3S. The van der Waals surface area contributed by atoms with E-state index in [1.165, 1.54) is 100 Å². The minimum atomic E-state index is -0.475. The summed E-state index contributed by atoms with van der Waals surface area (Å²) < 4.78 is 3.23. The molecule has 0 radical (unpaired) electrons. The predicted octanol–water partition coefficient (Wildman–Crippen LogP) is 5.59. The number of aromatic amines is 1. The second-order valence-electron chi connectivity index (χ2n) is 9.12. The van der Waals surface area contributed by atoms with Gasteiger partial charge in [0.1, 0.15) is 5.78 Å². The number of nitrogens with zero attached hydrogens (tertiary/aromatic N) is 3. The van der Waals surface area contributed by atoms with Crippen LogP contribution in [0.2, 0.25) is 0 Å². The minimum Gasteiger partial charge on any atom is -0.313 e. The maximum Gasteiger partial charge on any atom is 0.329 e. The summed E-state index contributed by atoms with van der Waals surface area (Å²) in [6, 6.07) is 0. The van der Waals surface area contributed by atoms with Gasteiger partial charge < -0.3 is 4.57 Å². The van der Waals surface area contributed by atoms with Gasteiger partial charge in [-0.05, 0) is 13.3 Å². The monoisotopic (exact) mass is 478 g/mol. The highest BCUT2D eigenvalue weighted by molar-refractivity contribution is 7.99. The van der Waals surface area contributed by atoms with Crippen LogP contribution in [-0.4, -0.2) is 30.6 Å². The molecule has 8 heteroatoms. The highest BCUT2D eigenvalue weighted by Crippen LogP contribution is 2.22. The first kappa shape index (κ1) is 27.4. The van der Waals surface area contributed by atoms with Gasteiger partial charge in [-0.2, -0.15) is 0 Å². The molecule has 2 heterocycles. The second kappa shape index (κ2) is 15.1. The van der Waals surface area contributed by atoms with E-state index in [2.05, 4.69) is 16.9 Å². The molecule has 0 saturated heterocycles. The molecule has 0 atom stereocenters. The van der Waals surface area contributed by atoms with Crippen LogP contribution in [0.1, 0.15) is 104 Å². The number of fused-ring (bicyclic) bond motifs is 1. The van der Waals surface area contributed by atoms with Crippen molar-refractivity contribution in [2.75, 3.05) is 5.75 Å². The SMILES string of the molecule is CCCCCCCCCCCCCCCCn1c(SCC(C)=O)nc2c1c(=O)[nH]c(=O)n2C. The largest absolute Gasteiger partial charge is 0.329 e. The number of imidazole rings is 1. The summed E-state index contributed by atoms with van der Waals surface area (Å²) in [6.07, 6.45) is 18.1. The van der Waals surface area contributed by atoms with Crippen LogP contribution < -0.4 is 11.2 Å². The Balaban J connectivity index is 1.74. The predicted molar refractivity (Wildman–Crippen MR) is 137 cm³/mol. The lowest BCUT2D eigenvalue weighted by molar-refractivity contribution is -0.114. The van der Waals surface area contributed by atoms with Crippen molar-refractivity contribution < 1.29 is 4.79 Å². The Bertz CT molecular complexity index is 976. The molecule has 2 aromatic heterocycles. The number of carbonyl (C=O) groups is 1. The summed E-state index contributed by atoms with van der Waals surface area (Å²) in [5, 5.41) is 0.626. The van der Waals surface area contributed by atoms with Gasteiger partial charge in [-0.25, -0.2) is 9.78 Å². The van der Waals surface area contributed by atoms with Crippen molar-refractivity contribution in [3.63, 3.8) is 0 Å². The quantitative estimate of drug-likeness (QED) is 0.223. The zero-order chi connectivity index (χ0) is 24.1. The van der Waals surface area contributed by atoms with Gasteiger partial charge in [0.2, 0.25) is 0 Å². The Kier molecular flexibility index (Phi) is 12.6. The zero-order valence-corrected chi connectivity index (χ0v) is 21.6. The standard InChI is InChI=1S/C25H42N4O3S/c1-4-5-6-7-8-9-10-11-12-13-14-15-16-17-18-29-21-22(26-25(29)33-19-20(2)30)28(3)24(32)27-23(21)31/h4-19H2,1-3H3,(H,27,31,32). The van der Waals surface area contributed by atoms with E-state index in [1.54, 1.807) is 7.05 Å². The number of hydrogen-bond donors (Lipinski definition) is 1. The van der Waals surface area contributed by atoms with E-state index in [1.807, 2.05) is 4.57 Å². The van der Waals surface area contributed by atoms with Crippen LogP contribution in [0.15, 0.2) is 14.7 Å². The molecule has 0 aromatic carbocycles. The first-order valence-electron chi connectivity index (χ1n) is 12.8. The lowest BCUT2D eigenvalue weighted by Crippen LogP contribution is -2.29. The molecule has 0 aliphatic heterocycles. The molecule has 0 fully saturated rings. The van der Waals surface area contributed by atoms with Crippen LogP contribution >= 0.6 is 11.8 Å². The number of ketones is 1. The van der Waals surface area contributed by atoms with E-state index in [0.29, 0.717) is 28.6 Å². The summed E-state index contributed by atoms with van der Waals surface area (Å²) in [7, 11) is 1.60. The lowest BCUT2D eigenvalue weighted by atomic mass is 10.0. The fourth-order valence-corrected chi connectivity index (χ4v) is 4.98. The molecular weight excluding hydrogens is 436 g/mol. The molecule has 2 rings (SSSR count). The summed E-state index contributed by atoms with van der Waals surface area (Å²) in [5.74, 6) is 0.353. The van der Waals surface area contributed by atoms with E-state index in [9.17, 15) is 14.4 Å². The first-order valence-corrected chi connectivity index (χ1v) is 13.8. The number of hydrogen-bond acceptors (Lipinski definition) is 5. The highest BCUT2D eigenvalue weighted by atomic mass is 32.2. The van der Waals surface area contributed by atoms with E-state index >= 15 is 0 Å². The average molecular weight is 479 g/mol. The third kappa shape index (κ3) is 9.14. The molecule has 1 N–H and O–H groups in total. The summed E-state index contributed by atoms with van der Waals surface area (Å²) in [5.41, 5.74) is -0.101. The van der Waals surface area contributed by atoms with Crippen LogP contribution in [0.5, 0.6) is 0 Å². The third-order valence-electron chi connectivity index (χ3n) is 6.11. The summed E-state index contributed by atoms with van der Waals surface area (Å²) in [6.45, 7) is 4.46. The fraction of sp³-hybridized carbons (Fsp3) is 0.760. The van der Waals surface area contributed by atoms with E-state index in [4.69, 9.17) is 0 Å². The summed E-state index contributed by atoms with van der Waals surface area (Å²) in [4.78, 5) is 42.7. The fourth-order valence-electron chi connectivity index (χ4n) is 4.16. The normalized spacial score (nSPS) is 11.5. The van der Waals surface area contributed by atoms with Crippen LogP contribution in [0.4, 0.5) is 0 Å². The van der Waals surface area contributed by atoms with Crippen molar-refractivity contribution in [1.29, 1.82) is 0 Å². The molecule has 2 aromatic rings. The van der Waals surface area contributed by atoms with Crippen molar-refractivity contribution in [3.8, 4) is 0 Å². The van der Waals surface area contributed by atoms with Gasteiger partial charge in [-0.1, -0.05) is 102 Å². The number of nitrogens with one attached hydrogen (secondary N) is 1. The Morgan fingerprint density at radius 2 is 1.39 bits per heavy atom. The maximum absolute atomic E-state index is 12.5. The highest BCUT2D eigenvalue weighted by Gasteiger charge is 2.17. The Labute approximate surface area is 201 Å². The zero-order valence-electron chi connectivity index (χ0n) is 20.8. The van der Waals surface area contributed by atoms with Crippen LogP contribution in [-0.2, 0) is 18.4 Å². The average Bonchev–Trinajstić information content (AvgIpc) is 3.15. The molecule has 186 valence electrons. The van der Waals surface area contributed by atoms with Crippen LogP contribution in [0.3, 0.4) is 0 Å². The van der Waals surface area contributed by atoms with Crippen molar-refractivity contribution in [1.82, 2.24) is 19.1 Å². The molecule has 33 heavy (non-hydrogen) atoms. The molecule has 7 nitrogen and oxygen atoms in total. The summed E-state index contributed by atoms with van der Waals surface area (Å²) >= 11 is 1.32. The van der Waals surface area contributed by atoms with Crippen molar-refractivity contribution in [2.24, 2.45) is 7.05 Å². The Hall–Kier alpha value is -1.83. The molecule has 0 spiro atoms. The number of carbonyl (C=O) groups excluding carboxylic acids is 1. The van der Waals surface area contributed by atoms with Gasteiger partial charge in [0, 0.05) is 13.6 Å². The van der Waals surface area contributed by atoms with Gasteiger partial charge in [0.15, 0.2) is 16.3 Å². The number of aromatic nitrogens is 4. The number of unbranched alkanes of at least 4 members (excludes halogenated alkanes) is 13. The number of rotatable bonds is 18. The van der Waals surface area contributed by atoms with Crippen molar-refractivity contribution in [3.05, 3.63) is 20.8 Å². The number of H-pyrrole nitrogens is 1. The molecule has 0 saturated carbocycles. The van der Waals surface area contributed by atoms with Crippen LogP contribution in [0, 0.1) is 0 Å². The lowest BCUT2D eigenvalue weighted by Gasteiger charge is -2.08. The van der Waals surface area contributed by atoms with Gasteiger partial charge >= 0.3 is 5.69 Å². The maximum atomic E-state index is 12.5. The molecule has 0 bridgehead atoms. The Morgan fingerprint density at radius 1 is 0.879 bits per heavy atom. The minimum absolute atomic E-state index is 0.0536. The smallest absolute Gasteiger partial charge is 0.313 e. The van der Waals surface area contributed by atoms with Crippen LogP contribution in [0.25, 0.3) is 11.2 Å². The number of aryl methyl sites for hydroxylation is 2. The van der Waals surface area contributed by atoms with E-state index in [-0.39, 0.29) is 5.78 Å². The van der Waals surface area contributed by atoms with E-state index < -0.39 is 11.2 Å². The molecule has 0 aliphatic carbocycles. The molecule has 0 aliphatic rings. The molecule has 0 unspecified atom stereocenters. The van der Waals surface area contributed by atoms with E-state index in [0.717, 1.165) is 12.8 Å². The topological polar surface area (TPSA) is 89.8 Å². The van der Waals surface area contributed by atoms with Gasteiger partial charge in [-0.3, -0.25) is 19.1 Å². The first-order chi connectivity index (χ1) is 16.0. The number of thioether (sulfide) groups is 1. The van der Waals surface area contributed by atoms with Gasteiger partial charge in [-0.15, -0.1) is 0 Å². The Morgan fingerprint density at radius 3 is 1.91 bits per heavy atom. The van der Waals surface area contributed by atoms with Crippen molar-refractivity contribution >= 4 is 28.7 Å².